The van der Waals surface area contributed by atoms with Crippen LogP contribution in [0.1, 0.15) is 32.6 Å². The summed E-state index contributed by atoms with van der Waals surface area (Å²) in [6.45, 7) is 6.10. The molecule has 0 saturated heterocycles. The maximum atomic E-state index is 12.9. The molecule has 4 aromatic rings. The maximum absolute atomic E-state index is 12.9. The molecular formula is C25H24N6O. The zero-order chi connectivity index (χ0) is 23.0. The minimum absolute atomic E-state index is 0.267. The predicted molar refractivity (Wildman–Crippen MR) is 127 cm³/mol. The highest BCUT2D eigenvalue weighted by atomic mass is 16.1. The van der Waals surface area contributed by atoms with Crippen molar-refractivity contribution in [3.05, 3.63) is 76.5 Å². The van der Waals surface area contributed by atoms with E-state index < -0.39 is 0 Å². The number of aromatic nitrogens is 3. The van der Waals surface area contributed by atoms with Crippen LogP contribution in [0.5, 0.6) is 0 Å². The van der Waals surface area contributed by atoms with Crippen LogP contribution in [0.15, 0.2) is 48.7 Å². The molecule has 7 nitrogen and oxygen atoms in total. The van der Waals surface area contributed by atoms with Crippen molar-refractivity contribution in [3.63, 3.8) is 0 Å². The van der Waals surface area contributed by atoms with E-state index in [9.17, 15) is 10.1 Å². The van der Waals surface area contributed by atoms with Crippen molar-refractivity contribution in [1.29, 1.82) is 5.26 Å². The SMILES string of the molecule is Cc1cc(C)c2nc(-n3ncc(C#N)c3NC(=O)c3ccc(N(C)C)cc3)cc(C)c2c1. The van der Waals surface area contributed by atoms with E-state index in [0.29, 0.717) is 17.2 Å². The second kappa shape index (κ2) is 8.16. The fourth-order valence-electron chi connectivity index (χ4n) is 3.75. The molecule has 0 bridgehead atoms. The Balaban J connectivity index is 1.76. The lowest BCUT2D eigenvalue weighted by molar-refractivity contribution is 0.102. The maximum Gasteiger partial charge on any atom is 0.256 e. The molecule has 7 heteroatoms. The average Bonchev–Trinajstić information content (AvgIpc) is 3.16. The van der Waals surface area contributed by atoms with Gasteiger partial charge in [0.25, 0.3) is 5.91 Å². The van der Waals surface area contributed by atoms with E-state index in [2.05, 4.69) is 35.5 Å². The number of carbonyl (C=O) groups excluding carboxylic acids is 1. The summed E-state index contributed by atoms with van der Waals surface area (Å²) in [5.74, 6) is 0.518. The average molecular weight is 425 g/mol. The number of hydrogen-bond donors (Lipinski definition) is 1. The van der Waals surface area contributed by atoms with Gasteiger partial charge in [0.2, 0.25) is 0 Å². The van der Waals surface area contributed by atoms with Crippen LogP contribution in [0.25, 0.3) is 16.7 Å². The second-order valence-electron chi connectivity index (χ2n) is 8.10. The van der Waals surface area contributed by atoms with Gasteiger partial charge in [-0.05, 0) is 68.3 Å². The molecule has 160 valence electrons. The van der Waals surface area contributed by atoms with Gasteiger partial charge in [-0.3, -0.25) is 4.79 Å². The second-order valence-corrected chi connectivity index (χ2v) is 8.10. The molecule has 2 heterocycles. The topological polar surface area (TPSA) is 86.8 Å². The molecule has 0 aliphatic rings. The molecular weight excluding hydrogens is 400 g/mol. The molecule has 0 unspecified atom stereocenters. The molecule has 0 atom stereocenters. The third kappa shape index (κ3) is 3.79. The Hall–Kier alpha value is -4.18. The number of anilines is 2. The summed E-state index contributed by atoms with van der Waals surface area (Å²) >= 11 is 0. The third-order valence-corrected chi connectivity index (χ3v) is 5.43. The van der Waals surface area contributed by atoms with Gasteiger partial charge in [-0.1, -0.05) is 11.6 Å². The number of fused-ring (bicyclic) bond motifs is 1. The summed E-state index contributed by atoms with van der Waals surface area (Å²) in [6, 6.07) is 15.5. The highest BCUT2D eigenvalue weighted by Crippen LogP contribution is 2.27. The van der Waals surface area contributed by atoms with Crippen LogP contribution in [-0.4, -0.2) is 34.8 Å². The lowest BCUT2D eigenvalue weighted by Gasteiger charge is -2.14. The smallest absolute Gasteiger partial charge is 0.256 e. The number of pyridine rings is 1. The number of nitrogens with one attached hydrogen (secondary N) is 1. The van der Waals surface area contributed by atoms with Gasteiger partial charge in [-0.2, -0.15) is 15.0 Å². The Labute approximate surface area is 186 Å². The zero-order valence-electron chi connectivity index (χ0n) is 18.8. The van der Waals surface area contributed by atoms with E-state index in [1.807, 2.05) is 51.0 Å². The van der Waals surface area contributed by atoms with Crippen LogP contribution >= 0.6 is 0 Å². The largest absolute Gasteiger partial charge is 0.378 e. The Morgan fingerprint density at radius 2 is 1.78 bits per heavy atom. The predicted octanol–water partition coefficient (Wildman–Crippen LogP) is 4.54. The van der Waals surface area contributed by atoms with Crippen molar-refractivity contribution in [2.24, 2.45) is 0 Å². The van der Waals surface area contributed by atoms with Gasteiger partial charge in [-0.15, -0.1) is 0 Å². The number of amides is 1. The quantitative estimate of drug-likeness (QED) is 0.520. The molecule has 0 aliphatic carbocycles. The van der Waals surface area contributed by atoms with Gasteiger partial charge in [0.15, 0.2) is 11.6 Å². The van der Waals surface area contributed by atoms with Gasteiger partial charge >= 0.3 is 0 Å². The van der Waals surface area contributed by atoms with Gasteiger partial charge < -0.3 is 10.2 Å². The molecule has 0 saturated carbocycles. The minimum atomic E-state index is -0.321. The van der Waals surface area contributed by atoms with Crippen molar-refractivity contribution in [2.45, 2.75) is 20.8 Å². The van der Waals surface area contributed by atoms with E-state index in [4.69, 9.17) is 4.98 Å². The van der Waals surface area contributed by atoms with Crippen LogP contribution < -0.4 is 10.2 Å². The first kappa shape index (κ1) is 21.1. The molecule has 2 aromatic heterocycles. The Morgan fingerprint density at radius 1 is 1.06 bits per heavy atom. The Kier molecular flexibility index (Phi) is 5.37. The van der Waals surface area contributed by atoms with Gasteiger partial charge in [-0.25, -0.2) is 4.98 Å². The van der Waals surface area contributed by atoms with Gasteiger partial charge in [0.1, 0.15) is 11.6 Å². The van der Waals surface area contributed by atoms with E-state index in [1.54, 1.807) is 12.1 Å². The van der Waals surface area contributed by atoms with Crippen molar-refractivity contribution >= 4 is 28.3 Å². The van der Waals surface area contributed by atoms with Crippen molar-refractivity contribution in [1.82, 2.24) is 14.8 Å². The lowest BCUT2D eigenvalue weighted by Crippen LogP contribution is -2.17. The zero-order valence-corrected chi connectivity index (χ0v) is 18.8. The van der Waals surface area contributed by atoms with Crippen LogP contribution in [0, 0.1) is 32.1 Å². The summed E-state index contributed by atoms with van der Waals surface area (Å²) in [7, 11) is 3.88. The Bertz CT molecular complexity index is 1380. The molecule has 2 aromatic carbocycles. The van der Waals surface area contributed by atoms with Crippen LogP contribution in [0.3, 0.4) is 0 Å². The molecule has 0 fully saturated rings. The summed E-state index contributed by atoms with van der Waals surface area (Å²) < 4.78 is 1.51. The molecule has 0 spiro atoms. The highest BCUT2D eigenvalue weighted by Gasteiger charge is 2.18. The van der Waals surface area contributed by atoms with Gasteiger partial charge in [0, 0.05) is 30.7 Å². The van der Waals surface area contributed by atoms with E-state index in [0.717, 1.165) is 27.7 Å². The van der Waals surface area contributed by atoms with Crippen LogP contribution in [0.2, 0.25) is 0 Å². The van der Waals surface area contributed by atoms with E-state index >= 15 is 0 Å². The molecule has 4 rings (SSSR count). The first-order valence-corrected chi connectivity index (χ1v) is 10.2. The van der Waals surface area contributed by atoms with Gasteiger partial charge in [0.05, 0.1) is 11.7 Å². The highest BCUT2D eigenvalue weighted by molar-refractivity contribution is 6.04. The normalized spacial score (nSPS) is 10.8. The lowest BCUT2D eigenvalue weighted by atomic mass is 10.0. The third-order valence-electron chi connectivity index (χ3n) is 5.43. The number of carbonyl (C=O) groups is 1. The number of nitriles is 1. The summed E-state index contributed by atoms with van der Waals surface area (Å²) in [5, 5.41) is 17.9. The first-order valence-electron chi connectivity index (χ1n) is 10.2. The van der Waals surface area contributed by atoms with E-state index in [1.165, 1.54) is 16.4 Å². The van der Waals surface area contributed by atoms with Crippen LogP contribution in [0.4, 0.5) is 11.5 Å². The first-order chi connectivity index (χ1) is 15.3. The van der Waals surface area contributed by atoms with E-state index in [-0.39, 0.29) is 11.5 Å². The number of benzene rings is 2. The molecule has 1 N–H and O–H groups in total. The van der Waals surface area contributed by atoms with Crippen molar-refractivity contribution < 1.29 is 4.79 Å². The fraction of sp³-hybridized carbons (Fsp3) is 0.200. The fourth-order valence-corrected chi connectivity index (χ4v) is 3.75. The number of nitrogens with zero attached hydrogens (tertiary/aromatic N) is 5. The minimum Gasteiger partial charge on any atom is -0.378 e. The molecule has 32 heavy (non-hydrogen) atoms. The molecule has 0 aliphatic heterocycles. The van der Waals surface area contributed by atoms with Crippen molar-refractivity contribution in [3.8, 4) is 11.9 Å². The Morgan fingerprint density at radius 3 is 2.44 bits per heavy atom. The standard InChI is InChI=1S/C25H24N6O/c1-15-10-17(3)23-21(11-15)16(2)12-22(28-23)31-24(19(13-26)14-27-31)29-25(32)18-6-8-20(9-7-18)30(4)5/h6-12,14H,1-5H3,(H,29,32). The monoisotopic (exact) mass is 424 g/mol. The summed E-state index contributed by atoms with van der Waals surface area (Å²) in [6.07, 6.45) is 1.44. The molecule has 1 amide bonds. The van der Waals surface area contributed by atoms with Crippen LogP contribution in [-0.2, 0) is 0 Å². The number of hydrogen-bond acceptors (Lipinski definition) is 5. The molecule has 0 radical (unpaired) electrons. The number of rotatable bonds is 4. The number of aryl methyl sites for hydroxylation is 3. The summed E-state index contributed by atoms with van der Waals surface area (Å²) in [5.41, 5.74) is 5.89. The van der Waals surface area contributed by atoms with Crippen molar-refractivity contribution in [2.75, 3.05) is 24.3 Å². The summed E-state index contributed by atoms with van der Waals surface area (Å²) in [4.78, 5) is 19.7.